The Morgan fingerprint density at radius 2 is 1.88 bits per heavy atom. The average molecular weight is 352 g/mol. The summed E-state index contributed by atoms with van der Waals surface area (Å²) in [5.74, 6) is -0.706. The fourth-order valence-electron chi connectivity index (χ4n) is 2.30. The molecule has 0 aliphatic rings. The van der Waals surface area contributed by atoms with Gasteiger partial charge in [-0.15, -0.1) is 0 Å². The second kappa shape index (κ2) is 8.23. The minimum atomic E-state index is -3.84. The lowest BCUT2D eigenvalue weighted by molar-refractivity contribution is 0.383. The van der Waals surface area contributed by atoms with Crippen LogP contribution in [0.5, 0.6) is 5.75 Å². The summed E-state index contributed by atoms with van der Waals surface area (Å²) in [6.45, 7) is 0.843. The molecular weight excluding hydrogens is 331 g/mol. The molecule has 0 aliphatic heterocycles. The molecule has 0 aromatic heterocycles. The average Bonchev–Trinajstić information content (AvgIpc) is 2.59. The van der Waals surface area contributed by atoms with Crippen LogP contribution >= 0.6 is 0 Å². The van der Waals surface area contributed by atoms with Crippen LogP contribution in [0, 0.1) is 5.82 Å². The number of hydrogen-bond acceptors (Lipinski definition) is 4. The van der Waals surface area contributed by atoms with E-state index in [0.29, 0.717) is 13.0 Å². The van der Waals surface area contributed by atoms with Crippen LogP contribution in [-0.4, -0.2) is 32.9 Å². The lowest BCUT2D eigenvalue weighted by Crippen LogP contribution is -2.32. The molecule has 24 heavy (non-hydrogen) atoms. The van der Waals surface area contributed by atoms with E-state index in [0.717, 1.165) is 11.6 Å². The van der Waals surface area contributed by atoms with Crippen LogP contribution in [-0.2, 0) is 16.6 Å². The maximum atomic E-state index is 13.9. The first-order chi connectivity index (χ1) is 11.5. The Morgan fingerprint density at radius 1 is 1.17 bits per heavy atom. The third-order valence-corrected chi connectivity index (χ3v) is 5.42. The summed E-state index contributed by atoms with van der Waals surface area (Å²) < 4.78 is 45.8. The Labute approximate surface area is 141 Å². The summed E-state index contributed by atoms with van der Waals surface area (Å²) in [7, 11) is -2.51. The molecule has 2 aromatic rings. The van der Waals surface area contributed by atoms with Gasteiger partial charge < -0.3 is 10.5 Å². The van der Waals surface area contributed by atoms with Crippen LogP contribution in [0.15, 0.2) is 53.4 Å². The van der Waals surface area contributed by atoms with E-state index >= 15 is 0 Å². The van der Waals surface area contributed by atoms with E-state index in [4.69, 9.17) is 10.5 Å². The van der Waals surface area contributed by atoms with Crippen molar-refractivity contribution in [3.8, 4) is 5.75 Å². The summed E-state index contributed by atoms with van der Waals surface area (Å²) in [6, 6.07) is 12.9. The summed E-state index contributed by atoms with van der Waals surface area (Å²) in [6.07, 6.45) is 0.519. The highest BCUT2D eigenvalue weighted by atomic mass is 32.2. The molecule has 2 rings (SSSR count). The van der Waals surface area contributed by atoms with Crippen molar-refractivity contribution in [3.05, 3.63) is 59.9 Å². The molecule has 0 saturated carbocycles. The van der Waals surface area contributed by atoms with Crippen molar-refractivity contribution in [1.82, 2.24) is 4.31 Å². The zero-order chi connectivity index (χ0) is 17.6. The minimum Gasteiger partial charge on any atom is -0.494 e. The fourth-order valence-corrected chi connectivity index (χ4v) is 3.77. The van der Waals surface area contributed by atoms with E-state index < -0.39 is 15.8 Å². The van der Waals surface area contributed by atoms with Gasteiger partial charge >= 0.3 is 0 Å². The van der Waals surface area contributed by atoms with Gasteiger partial charge in [-0.3, -0.25) is 0 Å². The van der Waals surface area contributed by atoms with E-state index in [2.05, 4.69) is 0 Å². The summed E-state index contributed by atoms with van der Waals surface area (Å²) in [5.41, 5.74) is 6.37. The van der Waals surface area contributed by atoms with Crippen molar-refractivity contribution >= 4 is 10.0 Å². The first-order valence-electron chi connectivity index (χ1n) is 7.56. The molecule has 0 aliphatic carbocycles. The third-order valence-electron chi connectivity index (χ3n) is 3.57. The van der Waals surface area contributed by atoms with Gasteiger partial charge in [0.15, 0.2) is 11.6 Å². The van der Waals surface area contributed by atoms with Crippen molar-refractivity contribution in [2.45, 2.75) is 17.9 Å². The molecule has 2 N–H and O–H groups in total. The van der Waals surface area contributed by atoms with Gasteiger partial charge in [-0.25, -0.2) is 12.8 Å². The normalized spacial score (nSPS) is 11.7. The van der Waals surface area contributed by atoms with Gasteiger partial charge in [0.2, 0.25) is 10.0 Å². The fraction of sp³-hybridized carbons (Fsp3) is 0.294. The lowest BCUT2D eigenvalue weighted by atomic mass is 10.2. The third kappa shape index (κ3) is 4.31. The molecule has 7 heteroatoms. The van der Waals surface area contributed by atoms with E-state index in [-0.39, 0.29) is 23.7 Å². The summed E-state index contributed by atoms with van der Waals surface area (Å²) in [5, 5.41) is 0. The van der Waals surface area contributed by atoms with Crippen LogP contribution < -0.4 is 10.5 Å². The SMILES string of the molecule is COc1ccc(S(=O)(=O)N(CCCN)Cc2ccccc2)cc1F. The molecule has 0 saturated heterocycles. The van der Waals surface area contributed by atoms with Crippen LogP contribution in [0.2, 0.25) is 0 Å². The van der Waals surface area contributed by atoms with Gasteiger partial charge in [-0.2, -0.15) is 4.31 Å². The number of rotatable bonds is 8. The predicted molar refractivity (Wildman–Crippen MR) is 90.7 cm³/mol. The molecule has 0 radical (unpaired) electrons. The van der Waals surface area contributed by atoms with Gasteiger partial charge in [-0.1, -0.05) is 30.3 Å². The zero-order valence-electron chi connectivity index (χ0n) is 13.5. The van der Waals surface area contributed by atoms with E-state index in [9.17, 15) is 12.8 Å². The number of hydrogen-bond donors (Lipinski definition) is 1. The standard InChI is InChI=1S/C17H21FN2O3S/c1-23-17-9-8-15(12-16(17)18)24(21,22)20(11-5-10-19)13-14-6-3-2-4-7-14/h2-4,6-9,12H,5,10-11,13,19H2,1H3. The minimum absolute atomic E-state index is 0.00511. The number of nitrogens with zero attached hydrogens (tertiary/aromatic N) is 1. The van der Waals surface area contributed by atoms with Crippen LogP contribution in [0.25, 0.3) is 0 Å². The number of ether oxygens (including phenoxy) is 1. The molecule has 0 unspecified atom stereocenters. The Balaban J connectivity index is 2.34. The van der Waals surface area contributed by atoms with Crippen molar-refractivity contribution < 1.29 is 17.5 Å². The number of sulfonamides is 1. The van der Waals surface area contributed by atoms with E-state index in [1.165, 1.54) is 23.5 Å². The highest BCUT2D eigenvalue weighted by Gasteiger charge is 2.25. The number of nitrogens with two attached hydrogens (primary N) is 1. The van der Waals surface area contributed by atoms with Gasteiger partial charge in [-0.05, 0) is 36.7 Å². The summed E-state index contributed by atoms with van der Waals surface area (Å²) in [4.78, 5) is -0.103. The summed E-state index contributed by atoms with van der Waals surface area (Å²) >= 11 is 0. The van der Waals surface area contributed by atoms with Crippen LogP contribution in [0.3, 0.4) is 0 Å². The first kappa shape index (κ1) is 18.4. The van der Waals surface area contributed by atoms with Gasteiger partial charge in [0.25, 0.3) is 0 Å². The maximum Gasteiger partial charge on any atom is 0.243 e. The highest BCUT2D eigenvalue weighted by Crippen LogP contribution is 2.24. The molecule has 130 valence electrons. The molecule has 0 heterocycles. The zero-order valence-corrected chi connectivity index (χ0v) is 14.3. The molecular formula is C17H21FN2O3S. The van der Waals surface area contributed by atoms with Crippen molar-refractivity contribution in [3.63, 3.8) is 0 Å². The van der Waals surface area contributed by atoms with E-state index in [1.54, 1.807) is 0 Å². The topological polar surface area (TPSA) is 72.6 Å². The number of halogens is 1. The van der Waals surface area contributed by atoms with Crippen molar-refractivity contribution in [1.29, 1.82) is 0 Å². The molecule has 2 aromatic carbocycles. The molecule has 0 amide bonds. The molecule has 5 nitrogen and oxygen atoms in total. The van der Waals surface area contributed by atoms with Gasteiger partial charge in [0.05, 0.1) is 12.0 Å². The van der Waals surface area contributed by atoms with Crippen molar-refractivity contribution in [2.75, 3.05) is 20.2 Å². The largest absolute Gasteiger partial charge is 0.494 e. The Bertz CT molecular complexity index is 767. The first-order valence-corrected chi connectivity index (χ1v) is 9.00. The smallest absolute Gasteiger partial charge is 0.243 e. The van der Waals surface area contributed by atoms with Crippen molar-refractivity contribution in [2.24, 2.45) is 5.73 Å². The molecule has 0 spiro atoms. The lowest BCUT2D eigenvalue weighted by Gasteiger charge is -2.22. The second-order valence-electron chi connectivity index (χ2n) is 5.26. The predicted octanol–water partition coefficient (Wildman–Crippen LogP) is 2.37. The second-order valence-corrected chi connectivity index (χ2v) is 7.20. The van der Waals surface area contributed by atoms with Crippen LogP contribution in [0.1, 0.15) is 12.0 Å². The quantitative estimate of drug-likeness (QED) is 0.792. The van der Waals surface area contributed by atoms with E-state index in [1.807, 2.05) is 30.3 Å². The molecule has 0 fully saturated rings. The Hall–Kier alpha value is -1.96. The Kier molecular flexibility index (Phi) is 6.30. The van der Waals surface area contributed by atoms with Crippen LogP contribution in [0.4, 0.5) is 4.39 Å². The molecule has 0 bridgehead atoms. The van der Waals surface area contributed by atoms with Gasteiger partial charge in [0.1, 0.15) is 0 Å². The van der Waals surface area contributed by atoms with Gasteiger partial charge in [0, 0.05) is 13.1 Å². The Morgan fingerprint density at radius 3 is 2.46 bits per heavy atom. The monoisotopic (exact) mass is 352 g/mol. The number of benzene rings is 2. The molecule has 0 atom stereocenters. The highest BCUT2D eigenvalue weighted by molar-refractivity contribution is 7.89. The maximum absolute atomic E-state index is 13.9. The number of methoxy groups -OCH3 is 1.